The number of phenolic OH excluding ortho intramolecular Hbond substituents is 1. The Kier molecular flexibility index (Phi) is 4.13. The molecule has 1 N–H and O–H groups in total. The quantitative estimate of drug-likeness (QED) is 0.773. The number of phenols is 1. The normalized spacial score (nSPS) is 10.1. The number of ether oxygens (including phenoxy) is 1. The highest BCUT2D eigenvalue weighted by Crippen LogP contribution is 2.12. The molecule has 0 atom stereocenters. The van der Waals surface area contributed by atoms with E-state index in [1.165, 1.54) is 7.11 Å². The zero-order valence-electron chi connectivity index (χ0n) is 8.19. The van der Waals surface area contributed by atoms with E-state index in [-0.39, 0.29) is 18.1 Å². The summed E-state index contributed by atoms with van der Waals surface area (Å²) >= 11 is 0. The Morgan fingerprint density at radius 3 is 2.93 bits per heavy atom. The van der Waals surface area contributed by atoms with Gasteiger partial charge in [0.25, 0.3) is 0 Å². The van der Waals surface area contributed by atoms with Gasteiger partial charge in [0.15, 0.2) is 5.78 Å². The van der Waals surface area contributed by atoms with Crippen molar-refractivity contribution in [3.8, 4) is 5.75 Å². The third-order valence-corrected chi connectivity index (χ3v) is 1.91. The molecule has 0 aliphatic rings. The van der Waals surface area contributed by atoms with Gasteiger partial charge in [0.1, 0.15) is 12.4 Å². The molecule has 0 aliphatic heterocycles. The first kappa shape index (κ1) is 10.7. The minimum Gasteiger partial charge on any atom is -0.508 e. The summed E-state index contributed by atoms with van der Waals surface area (Å²) in [6.07, 6.45) is 1.11. The van der Waals surface area contributed by atoms with Crippen LogP contribution in [0, 0.1) is 0 Å². The number of carbonyl (C=O) groups excluding carboxylic acids is 1. The number of rotatable bonds is 5. The van der Waals surface area contributed by atoms with Crippen molar-refractivity contribution in [2.24, 2.45) is 0 Å². The zero-order valence-corrected chi connectivity index (χ0v) is 8.19. The molecule has 76 valence electrons. The third kappa shape index (κ3) is 3.58. The molecule has 0 saturated heterocycles. The Morgan fingerprint density at radius 1 is 1.50 bits per heavy atom. The summed E-state index contributed by atoms with van der Waals surface area (Å²) in [5.74, 6) is 0.317. The Bertz CT molecular complexity index is 307. The minimum absolute atomic E-state index is 0.0795. The topological polar surface area (TPSA) is 46.5 Å². The van der Waals surface area contributed by atoms with Crippen molar-refractivity contribution in [2.45, 2.75) is 12.8 Å². The molecule has 0 saturated carbocycles. The van der Waals surface area contributed by atoms with Gasteiger partial charge in [-0.15, -0.1) is 0 Å². The number of hydrogen-bond donors (Lipinski definition) is 1. The van der Waals surface area contributed by atoms with Crippen LogP contribution in [0.25, 0.3) is 0 Å². The van der Waals surface area contributed by atoms with Crippen molar-refractivity contribution >= 4 is 5.78 Å². The van der Waals surface area contributed by atoms with Crippen LogP contribution >= 0.6 is 0 Å². The molecule has 0 aromatic heterocycles. The average Bonchev–Trinajstić information content (AvgIpc) is 2.15. The number of methoxy groups -OCH3 is 1. The maximum Gasteiger partial charge on any atom is 0.158 e. The van der Waals surface area contributed by atoms with E-state index in [4.69, 9.17) is 4.74 Å². The van der Waals surface area contributed by atoms with Gasteiger partial charge in [0, 0.05) is 13.5 Å². The van der Waals surface area contributed by atoms with Crippen molar-refractivity contribution < 1.29 is 14.6 Å². The molecular formula is C11H14O3. The van der Waals surface area contributed by atoms with Crippen LogP contribution in [0.2, 0.25) is 0 Å². The van der Waals surface area contributed by atoms with Crippen molar-refractivity contribution in [1.82, 2.24) is 0 Å². The van der Waals surface area contributed by atoms with Crippen LogP contribution in [0.4, 0.5) is 0 Å². The Balaban J connectivity index is 2.41. The van der Waals surface area contributed by atoms with E-state index in [0.29, 0.717) is 12.8 Å². The van der Waals surface area contributed by atoms with Crippen LogP contribution in [0.15, 0.2) is 24.3 Å². The molecule has 0 radical (unpaired) electrons. The van der Waals surface area contributed by atoms with Gasteiger partial charge >= 0.3 is 0 Å². The number of aromatic hydroxyl groups is 1. The van der Waals surface area contributed by atoms with E-state index < -0.39 is 0 Å². The number of Topliss-reactive ketones (excluding diaryl/α,β-unsaturated/α-hetero) is 1. The maximum atomic E-state index is 11.1. The molecule has 0 unspecified atom stereocenters. The lowest BCUT2D eigenvalue weighted by atomic mass is 10.1. The first-order valence-corrected chi connectivity index (χ1v) is 4.51. The second-order valence-electron chi connectivity index (χ2n) is 3.14. The SMILES string of the molecule is COCC(=O)CCc1cccc(O)c1. The lowest BCUT2D eigenvalue weighted by Gasteiger charge is -2.01. The van der Waals surface area contributed by atoms with Gasteiger partial charge in [-0.2, -0.15) is 0 Å². The Hall–Kier alpha value is -1.35. The molecular weight excluding hydrogens is 180 g/mol. The van der Waals surface area contributed by atoms with Crippen LogP contribution in [0.5, 0.6) is 5.75 Å². The highest BCUT2D eigenvalue weighted by Gasteiger charge is 2.02. The van der Waals surface area contributed by atoms with Crippen molar-refractivity contribution in [3.05, 3.63) is 29.8 Å². The lowest BCUT2D eigenvalue weighted by Crippen LogP contribution is -2.07. The summed E-state index contributed by atoms with van der Waals surface area (Å²) < 4.78 is 4.72. The van der Waals surface area contributed by atoms with Gasteiger partial charge in [0.05, 0.1) is 0 Å². The first-order chi connectivity index (χ1) is 6.72. The van der Waals surface area contributed by atoms with Gasteiger partial charge in [0.2, 0.25) is 0 Å². The summed E-state index contributed by atoms with van der Waals surface area (Å²) in [6, 6.07) is 6.94. The zero-order chi connectivity index (χ0) is 10.4. The fourth-order valence-corrected chi connectivity index (χ4v) is 1.23. The largest absolute Gasteiger partial charge is 0.508 e. The molecule has 1 rings (SSSR count). The van der Waals surface area contributed by atoms with Crippen LogP contribution in [-0.4, -0.2) is 24.6 Å². The standard InChI is InChI=1S/C11H14O3/c1-14-8-11(13)6-5-9-3-2-4-10(12)7-9/h2-4,7,12H,5-6,8H2,1H3. The van der Waals surface area contributed by atoms with Gasteiger partial charge in [-0.1, -0.05) is 12.1 Å². The van der Waals surface area contributed by atoms with E-state index in [2.05, 4.69) is 0 Å². The van der Waals surface area contributed by atoms with Gasteiger partial charge in [-0.05, 0) is 24.1 Å². The van der Waals surface area contributed by atoms with E-state index in [1.807, 2.05) is 6.07 Å². The molecule has 14 heavy (non-hydrogen) atoms. The number of benzene rings is 1. The summed E-state index contributed by atoms with van der Waals surface area (Å²) in [4.78, 5) is 11.1. The number of aryl methyl sites for hydroxylation is 1. The Labute approximate surface area is 83.3 Å². The highest BCUT2D eigenvalue weighted by molar-refractivity contribution is 5.79. The predicted molar refractivity (Wildman–Crippen MR) is 53.3 cm³/mol. The Morgan fingerprint density at radius 2 is 2.29 bits per heavy atom. The number of carbonyl (C=O) groups is 1. The molecule has 0 heterocycles. The molecule has 1 aromatic rings. The maximum absolute atomic E-state index is 11.1. The fourth-order valence-electron chi connectivity index (χ4n) is 1.23. The summed E-state index contributed by atoms with van der Waals surface area (Å²) in [6.45, 7) is 0.165. The summed E-state index contributed by atoms with van der Waals surface area (Å²) in [7, 11) is 1.51. The number of hydrogen-bond acceptors (Lipinski definition) is 3. The smallest absolute Gasteiger partial charge is 0.158 e. The van der Waals surface area contributed by atoms with Crippen molar-refractivity contribution in [1.29, 1.82) is 0 Å². The van der Waals surface area contributed by atoms with Crippen molar-refractivity contribution in [3.63, 3.8) is 0 Å². The first-order valence-electron chi connectivity index (χ1n) is 4.51. The van der Waals surface area contributed by atoms with Gasteiger partial charge < -0.3 is 9.84 Å². The van der Waals surface area contributed by atoms with Crippen molar-refractivity contribution in [2.75, 3.05) is 13.7 Å². The predicted octanol–water partition coefficient (Wildman–Crippen LogP) is 1.54. The third-order valence-electron chi connectivity index (χ3n) is 1.91. The van der Waals surface area contributed by atoms with E-state index in [1.54, 1.807) is 18.2 Å². The second kappa shape index (κ2) is 5.40. The fraction of sp³-hybridized carbons (Fsp3) is 0.364. The monoisotopic (exact) mass is 194 g/mol. The molecule has 0 fully saturated rings. The minimum atomic E-state index is 0.0795. The van der Waals surface area contributed by atoms with Gasteiger partial charge in [-0.25, -0.2) is 0 Å². The molecule has 3 heteroatoms. The van der Waals surface area contributed by atoms with Gasteiger partial charge in [-0.3, -0.25) is 4.79 Å². The molecule has 1 aromatic carbocycles. The lowest BCUT2D eigenvalue weighted by molar-refractivity contribution is -0.122. The molecule has 0 bridgehead atoms. The van der Waals surface area contributed by atoms with E-state index >= 15 is 0 Å². The summed E-state index contributed by atoms with van der Waals surface area (Å²) in [5, 5.41) is 9.17. The summed E-state index contributed by atoms with van der Waals surface area (Å²) in [5.41, 5.74) is 0.967. The second-order valence-corrected chi connectivity index (χ2v) is 3.14. The van der Waals surface area contributed by atoms with Crippen LogP contribution in [0.1, 0.15) is 12.0 Å². The molecule has 3 nitrogen and oxygen atoms in total. The van der Waals surface area contributed by atoms with Crippen LogP contribution < -0.4 is 0 Å². The molecule has 0 amide bonds. The average molecular weight is 194 g/mol. The van der Waals surface area contributed by atoms with E-state index in [9.17, 15) is 9.90 Å². The van der Waals surface area contributed by atoms with Crippen LogP contribution in [-0.2, 0) is 16.0 Å². The molecule has 0 spiro atoms. The highest BCUT2D eigenvalue weighted by atomic mass is 16.5. The van der Waals surface area contributed by atoms with E-state index in [0.717, 1.165) is 5.56 Å². The molecule has 0 aliphatic carbocycles. The number of ketones is 1. The van der Waals surface area contributed by atoms with Crippen LogP contribution in [0.3, 0.4) is 0 Å².